The number of benzene rings is 1. The van der Waals surface area contributed by atoms with Crippen LogP contribution in [-0.2, 0) is 6.54 Å². The van der Waals surface area contributed by atoms with Gasteiger partial charge >= 0.3 is 0 Å². The van der Waals surface area contributed by atoms with Crippen LogP contribution in [0.3, 0.4) is 0 Å². The summed E-state index contributed by atoms with van der Waals surface area (Å²) in [5.74, 6) is 0.472. The lowest BCUT2D eigenvalue weighted by molar-refractivity contribution is 0.0948. The molecule has 2 aromatic heterocycles. The van der Waals surface area contributed by atoms with Gasteiger partial charge in [-0.3, -0.25) is 9.78 Å². The van der Waals surface area contributed by atoms with Gasteiger partial charge in [-0.2, -0.15) is 0 Å². The number of phenols is 1. The number of rotatable bonds is 4. The van der Waals surface area contributed by atoms with E-state index in [2.05, 4.69) is 32.1 Å². The van der Waals surface area contributed by atoms with Gasteiger partial charge in [0.2, 0.25) is 0 Å². The van der Waals surface area contributed by atoms with Crippen LogP contribution in [0.5, 0.6) is 5.75 Å². The van der Waals surface area contributed by atoms with Crippen molar-refractivity contribution in [1.82, 2.24) is 20.2 Å². The van der Waals surface area contributed by atoms with Crippen molar-refractivity contribution in [3.05, 3.63) is 59.9 Å². The van der Waals surface area contributed by atoms with E-state index in [1.807, 2.05) is 18.2 Å². The summed E-state index contributed by atoms with van der Waals surface area (Å²) in [4.78, 5) is 25.9. The highest BCUT2D eigenvalue weighted by Gasteiger charge is 2.19. The zero-order valence-electron chi connectivity index (χ0n) is 15.8. The van der Waals surface area contributed by atoms with Gasteiger partial charge in [-0.1, -0.05) is 18.2 Å². The van der Waals surface area contributed by atoms with Gasteiger partial charge in [0.25, 0.3) is 5.91 Å². The van der Waals surface area contributed by atoms with E-state index in [9.17, 15) is 9.90 Å². The predicted octanol–water partition coefficient (Wildman–Crippen LogP) is 2.02. The fourth-order valence-electron chi connectivity index (χ4n) is 3.45. The number of anilines is 1. The zero-order chi connectivity index (χ0) is 19.5. The Morgan fingerprint density at radius 3 is 2.64 bits per heavy atom. The number of hydrogen-bond acceptors (Lipinski definition) is 6. The van der Waals surface area contributed by atoms with Crippen molar-refractivity contribution in [2.24, 2.45) is 0 Å². The first-order valence-corrected chi connectivity index (χ1v) is 9.36. The Hall–Kier alpha value is -3.19. The molecule has 7 heteroatoms. The summed E-state index contributed by atoms with van der Waals surface area (Å²) in [5, 5.41) is 14.1. The second-order valence-electron chi connectivity index (χ2n) is 7.00. The molecule has 4 rings (SSSR count). The average Bonchev–Trinajstić information content (AvgIpc) is 2.73. The molecule has 1 aliphatic heterocycles. The van der Waals surface area contributed by atoms with Crippen molar-refractivity contribution < 1.29 is 9.90 Å². The molecule has 0 spiro atoms. The molecule has 1 amide bonds. The highest BCUT2D eigenvalue weighted by atomic mass is 16.3. The van der Waals surface area contributed by atoms with Crippen molar-refractivity contribution in [2.75, 3.05) is 38.1 Å². The third-order valence-electron chi connectivity index (χ3n) is 5.10. The first kappa shape index (κ1) is 18.2. The molecule has 3 aromatic rings. The van der Waals surface area contributed by atoms with Gasteiger partial charge in [0, 0.05) is 56.1 Å². The van der Waals surface area contributed by atoms with E-state index >= 15 is 0 Å². The van der Waals surface area contributed by atoms with Gasteiger partial charge < -0.3 is 20.2 Å². The van der Waals surface area contributed by atoms with Gasteiger partial charge in [0.15, 0.2) is 5.75 Å². The van der Waals surface area contributed by atoms with Crippen molar-refractivity contribution in [1.29, 1.82) is 0 Å². The summed E-state index contributed by atoms with van der Waals surface area (Å²) < 4.78 is 0. The van der Waals surface area contributed by atoms with Gasteiger partial charge in [-0.25, -0.2) is 4.98 Å². The van der Waals surface area contributed by atoms with E-state index in [-0.39, 0.29) is 17.2 Å². The lowest BCUT2D eigenvalue weighted by atomic mass is 10.1. The summed E-state index contributed by atoms with van der Waals surface area (Å²) in [5.41, 5.74) is 1.60. The van der Waals surface area contributed by atoms with Gasteiger partial charge in [0.05, 0.1) is 5.56 Å². The van der Waals surface area contributed by atoms with Crippen molar-refractivity contribution in [3.63, 3.8) is 0 Å². The first-order chi connectivity index (χ1) is 13.6. The topological polar surface area (TPSA) is 81.6 Å². The fraction of sp³-hybridized carbons (Fsp3) is 0.286. The van der Waals surface area contributed by atoms with Crippen LogP contribution in [0.15, 0.2) is 48.8 Å². The number of hydrogen-bond donors (Lipinski definition) is 2. The Bertz CT molecular complexity index is 999. The molecule has 1 aliphatic rings. The molecule has 3 heterocycles. The molecule has 2 N–H and O–H groups in total. The molecule has 0 saturated carbocycles. The Labute approximate surface area is 163 Å². The molecule has 144 valence electrons. The number of likely N-dealkylation sites (N-methyl/N-ethyl adjacent to an activating group) is 1. The summed E-state index contributed by atoms with van der Waals surface area (Å²) in [6, 6.07) is 10.9. The van der Waals surface area contributed by atoms with Crippen LogP contribution in [0.1, 0.15) is 15.9 Å². The Morgan fingerprint density at radius 1 is 1.07 bits per heavy atom. The minimum absolute atomic E-state index is 0.0962. The van der Waals surface area contributed by atoms with E-state index in [4.69, 9.17) is 0 Å². The highest BCUT2D eigenvalue weighted by Crippen LogP contribution is 2.27. The summed E-state index contributed by atoms with van der Waals surface area (Å²) in [7, 11) is 2.11. The van der Waals surface area contributed by atoms with Gasteiger partial charge in [-0.15, -0.1) is 0 Å². The standard InChI is InChI=1S/C21H23N5O2/c1-25-10-12-26(13-11-25)20-16(5-3-9-23-20)14-24-21(28)17-7-6-15-4-2-8-22-18(15)19(17)27/h2-9,27H,10-14H2,1H3,(H,24,28). The Balaban J connectivity index is 1.51. The number of piperazine rings is 1. The van der Waals surface area contributed by atoms with Crippen molar-refractivity contribution >= 4 is 22.6 Å². The van der Waals surface area contributed by atoms with Gasteiger partial charge in [-0.05, 0) is 25.2 Å². The number of nitrogens with zero attached hydrogens (tertiary/aromatic N) is 4. The third-order valence-corrected chi connectivity index (χ3v) is 5.10. The second kappa shape index (κ2) is 7.82. The van der Waals surface area contributed by atoms with E-state index in [1.54, 1.807) is 30.6 Å². The quantitative estimate of drug-likeness (QED) is 0.724. The molecular weight excluding hydrogens is 354 g/mol. The monoisotopic (exact) mass is 377 g/mol. The molecule has 0 radical (unpaired) electrons. The lowest BCUT2D eigenvalue weighted by Gasteiger charge is -2.34. The molecular formula is C21H23N5O2. The summed E-state index contributed by atoms with van der Waals surface area (Å²) in [6.45, 7) is 4.13. The first-order valence-electron chi connectivity index (χ1n) is 9.36. The van der Waals surface area contributed by atoms with Crippen LogP contribution in [0, 0.1) is 0 Å². The smallest absolute Gasteiger partial charge is 0.255 e. The summed E-state index contributed by atoms with van der Waals surface area (Å²) in [6.07, 6.45) is 3.38. The Morgan fingerprint density at radius 2 is 1.82 bits per heavy atom. The molecule has 1 fully saturated rings. The number of pyridine rings is 2. The zero-order valence-corrected chi connectivity index (χ0v) is 15.8. The van der Waals surface area contributed by atoms with Crippen LogP contribution in [-0.4, -0.2) is 59.1 Å². The lowest BCUT2D eigenvalue weighted by Crippen LogP contribution is -2.45. The second-order valence-corrected chi connectivity index (χ2v) is 7.00. The van der Waals surface area contributed by atoms with E-state index in [1.165, 1.54) is 0 Å². The van der Waals surface area contributed by atoms with E-state index < -0.39 is 0 Å². The van der Waals surface area contributed by atoms with E-state index in [0.717, 1.165) is 42.9 Å². The number of carbonyl (C=O) groups excluding carboxylic acids is 1. The maximum atomic E-state index is 12.7. The maximum absolute atomic E-state index is 12.7. The van der Waals surface area contributed by atoms with E-state index in [0.29, 0.717) is 12.1 Å². The van der Waals surface area contributed by atoms with Crippen LogP contribution in [0.2, 0.25) is 0 Å². The van der Waals surface area contributed by atoms with Crippen molar-refractivity contribution in [3.8, 4) is 5.75 Å². The van der Waals surface area contributed by atoms with Crippen LogP contribution in [0.25, 0.3) is 10.9 Å². The normalized spacial score (nSPS) is 15.0. The highest BCUT2D eigenvalue weighted by molar-refractivity contribution is 6.02. The number of phenolic OH excluding ortho intramolecular Hbond substituents is 1. The summed E-state index contributed by atoms with van der Waals surface area (Å²) >= 11 is 0. The number of aromatic hydroxyl groups is 1. The van der Waals surface area contributed by atoms with Crippen molar-refractivity contribution in [2.45, 2.75) is 6.54 Å². The Kier molecular flexibility index (Phi) is 5.08. The molecule has 0 atom stereocenters. The fourth-order valence-corrected chi connectivity index (χ4v) is 3.45. The number of aromatic nitrogens is 2. The molecule has 7 nitrogen and oxygen atoms in total. The number of carbonyl (C=O) groups is 1. The molecule has 1 aromatic carbocycles. The minimum atomic E-state index is -0.335. The molecule has 0 unspecified atom stereocenters. The predicted molar refractivity (Wildman–Crippen MR) is 109 cm³/mol. The molecule has 0 bridgehead atoms. The molecule has 1 saturated heterocycles. The number of nitrogens with one attached hydrogen (secondary N) is 1. The van der Waals surface area contributed by atoms with Crippen LogP contribution >= 0.6 is 0 Å². The SMILES string of the molecule is CN1CCN(c2ncccc2CNC(=O)c2ccc3cccnc3c2O)CC1. The van der Waals surface area contributed by atoms with Crippen LogP contribution < -0.4 is 10.2 Å². The minimum Gasteiger partial charge on any atom is -0.505 e. The number of amides is 1. The van der Waals surface area contributed by atoms with Gasteiger partial charge in [0.1, 0.15) is 11.3 Å². The average molecular weight is 377 g/mol. The maximum Gasteiger partial charge on any atom is 0.255 e. The number of fused-ring (bicyclic) bond motifs is 1. The largest absolute Gasteiger partial charge is 0.505 e. The molecule has 28 heavy (non-hydrogen) atoms. The molecule has 0 aliphatic carbocycles. The van der Waals surface area contributed by atoms with Crippen LogP contribution in [0.4, 0.5) is 5.82 Å². The third kappa shape index (κ3) is 3.61.